The molecule has 0 aliphatic heterocycles. The summed E-state index contributed by atoms with van der Waals surface area (Å²) in [5.41, 5.74) is 2.39. The summed E-state index contributed by atoms with van der Waals surface area (Å²) in [6, 6.07) is 13.0. The van der Waals surface area contributed by atoms with Crippen LogP contribution in [0, 0.1) is 12.8 Å². The van der Waals surface area contributed by atoms with E-state index in [-0.39, 0.29) is 10.8 Å². The number of rotatable bonds is 8. The van der Waals surface area contributed by atoms with Crippen molar-refractivity contribution < 1.29 is 13.2 Å². The quantitative estimate of drug-likeness (QED) is 0.558. The number of nitrogens with zero attached hydrogens (tertiary/aromatic N) is 2. The molecule has 0 saturated carbocycles. The normalized spacial score (nSPS) is 12.7. The Balaban J connectivity index is 1.80. The molecule has 0 radical (unpaired) electrons. The Kier molecular flexibility index (Phi) is 6.92. The molecular formula is C23H28N4O3S. The molecule has 0 fully saturated rings. The van der Waals surface area contributed by atoms with Crippen LogP contribution in [0.5, 0.6) is 0 Å². The largest absolute Gasteiger partial charge is 0.334 e. The number of hydrogen-bond acceptors (Lipinski definition) is 4. The maximum atomic E-state index is 13.0. The van der Waals surface area contributed by atoms with Crippen LogP contribution in [0.1, 0.15) is 25.8 Å². The van der Waals surface area contributed by atoms with Crippen molar-refractivity contribution >= 4 is 21.6 Å². The van der Waals surface area contributed by atoms with Crippen LogP contribution in [0.15, 0.2) is 65.8 Å². The van der Waals surface area contributed by atoms with Gasteiger partial charge in [0.1, 0.15) is 11.9 Å². The van der Waals surface area contributed by atoms with E-state index in [1.807, 2.05) is 56.8 Å². The Bertz CT molecular complexity index is 1150. The van der Waals surface area contributed by atoms with Crippen LogP contribution in [-0.4, -0.2) is 29.9 Å². The van der Waals surface area contributed by atoms with Crippen molar-refractivity contribution in [1.29, 1.82) is 0 Å². The summed E-state index contributed by atoms with van der Waals surface area (Å²) in [5.74, 6) is 0.492. The zero-order valence-corrected chi connectivity index (χ0v) is 19.0. The van der Waals surface area contributed by atoms with Crippen LogP contribution >= 0.6 is 0 Å². The predicted octanol–water partition coefficient (Wildman–Crippen LogP) is 3.73. The smallest absolute Gasteiger partial charge is 0.242 e. The fraction of sp³-hybridized carbons (Fsp3) is 0.304. The van der Waals surface area contributed by atoms with E-state index in [0.29, 0.717) is 12.1 Å². The molecule has 1 unspecified atom stereocenters. The first-order chi connectivity index (χ1) is 14.7. The molecular weight excluding hydrogens is 412 g/mol. The number of aromatic nitrogens is 2. The number of sulfonamides is 1. The summed E-state index contributed by atoms with van der Waals surface area (Å²) < 4.78 is 30.1. The summed E-state index contributed by atoms with van der Waals surface area (Å²) in [6.45, 7) is 5.78. The lowest BCUT2D eigenvalue weighted by atomic mass is 10.0. The van der Waals surface area contributed by atoms with E-state index >= 15 is 0 Å². The number of benzene rings is 2. The third kappa shape index (κ3) is 5.80. The third-order valence-electron chi connectivity index (χ3n) is 4.86. The van der Waals surface area contributed by atoms with Crippen molar-refractivity contribution in [2.24, 2.45) is 13.0 Å². The molecule has 0 spiro atoms. The average Bonchev–Trinajstić information content (AvgIpc) is 3.13. The first kappa shape index (κ1) is 22.7. The van der Waals surface area contributed by atoms with E-state index in [1.165, 1.54) is 0 Å². The van der Waals surface area contributed by atoms with Gasteiger partial charge < -0.3 is 9.88 Å². The highest BCUT2D eigenvalue weighted by Gasteiger charge is 2.26. The lowest BCUT2D eigenvalue weighted by Crippen LogP contribution is -2.44. The number of nitrogens with one attached hydrogen (secondary N) is 2. The van der Waals surface area contributed by atoms with Crippen molar-refractivity contribution in [3.63, 3.8) is 0 Å². The van der Waals surface area contributed by atoms with Crippen LogP contribution in [0.4, 0.5) is 5.69 Å². The van der Waals surface area contributed by atoms with Crippen molar-refractivity contribution in [2.45, 2.75) is 38.1 Å². The molecule has 7 nitrogen and oxygen atoms in total. The van der Waals surface area contributed by atoms with E-state index in [9.17, 15) is 13.2 Å². The Morgan fingerprint density at radius 1 is 1.13 bits per heavy atom. The highest BCUT2D eigenvalue weighted by Crippen LogP contribution is 2.21. The first-order valence-electron chi connectivity index (χ1n) is 10.1. The molecule has 0 aliphatic carbocycles. The van der Waals surface area contributed by atoms with Gasteiger partial charge in [-0.15, -0.1) is 0 Å². The van der Waals surface area contributed by atoms with Gasteiger partial charge in [0.2, 0.25) is 15.9 Å². The molecule has 31 heavy (non-hydrogen) atoms. The molecule has 164 valence electrons. The lowest BCUT2D eigenvalue weighted by Gasteiger charge is -2.20. The highest BCUT2D eigenvalue weighted by atomic mass is 32.2. The zero-order valence-electron chi connectivity index (χ0n) is 18.2. The summed E-state index contributed by atoms with van der Waals surface area (Å²) >= 11 is 0. The first-order valence-corrected chi connectivity index (χ1v) is 11.6. The topological polar surface area (TPSA) is 93.1 Å². The zero-order chi connectivity index (χ0) is 22.6. The summed E-state index contributed by atoms with van der Waals surface area (Å²) in [4.78, 5) is 17.5. The third-order valence-corrected chi connectivity index (χ3v) is 6.35. The highest BCUT2D eigenvalue weighted by molar-refractivity contribution is 7.89. The maximum absolute atomic E-state index is 13.0. The Morgan fingerprint density at radius 2 is 1.84 bits per heavy atom. The SMILES string of the molecule is Cc1ccc(S(=O)(=O)NC(CC(C)C)C(=O)Nc2cccc(-c3nccn3C)c2)cc1. The monoisotopic (exact) mass is 440 g/mol. The summed E-state index contributed by atoms with van der Waals surface area (Å²) in [7, 11) is -1.94. The van der Waals surface area contributed by atoms with Gasteiger partial charge in [-0.05, 0) is 43.5 Å². The van der Waals surface area contributed by atoms with E-state index in [0.717, 1.165) is 17.0 Å². The standard InChI is InChI=1S/C23H28N4O3S/c1-16(2)14-21(26-31(29,30)20-10-8-17(3)9-11-20)23(28)25-19-7-5-6-18(15-19)22-24-12-13-27(22)4/h5-13,15-16,21,26H,14H2,1-4H3,(H,25,28). The van der Waals surface area contributed by atoms with Gasteiger partial charge in [-0.1, -0.05) is 43.7 Å². The van der Waals surface area contributed by atoms with E-state index < -0.39 is 22.0 Å². The minimum atomic E-state index is -3.83. The molecule has 1 amide bonds. The molecule has 2 aromatic carbocycles. The summed E-state index contributed by atoms with van der Waals surface area (Å²) in [5, 5.41) is 2.85. The number of aryl methyl sites for hydroxylation is 2. The number of amides is 1. The fourth-order valence-corrected chi connectivity index (χ4v) is 4.47. The number of carbonyl (C=O) groups excluding carboxylic acids is 1. The van der Waals surface area contributed by atoms with Gasteiger partial charge in [0.05, 0.1) is 4.90 Å². The second-order valence-corrected chi connectivity index (χ2v) is 9.76. The van der Waals surface area contributed by atoms with Gasteiger partial charge in [0, 0.05) is 30.7 Å². The van der Waals surface area contributed by atoms with Crippen molar-refractivity contribution in [1.82, 2.24) is 14.3 Å². The number of carbonyl (C=O) groups is 1. The van der Waals surface area contributed by atoms with Crippen LogP contribution in [0.2, 0.25) is 0 Å². The molecule has 3 rings (SSSR count). The summed E-state index contributed by atoms with van der Waals surface area (Å²) in [6.07, 6.45) is 3.92. The minimum Gasteiger partial charge on any atom is -0.334 e. The second kappa shape index (κ2) is 9.45. The van der Waals surface area contributed by atoms with Crippen molar-refractivity contribution in [3.8, 4) is 11.4 Å². The lowest BCUT2D eigenvalue weighted by molar-refractivity contribution is -0.118. The predicted molar refractivity (Wildman–Crippen MR) is 122 cm³/mol. The van der Waals surface area contributed by atoms with Gasteiger partial charge in [-0.2, -0.15) is 4.72 Å². The van der Waals surface area contributed by atoms with Gasteiger partial charge >= 0.3 is 0 Å². The van der Waals surface area contributed by atoms with E-state index in [4.69, 9.17) is 0 Å². The molecule has 2 N–H and O–H groups in total. The van der Waals surface area contributed by atoms with Crippen molar-refractivity contribution in [3.05, 3.63) is 66.5 Å². The Labute approximate surface area is 183 Å². The molecule has 3 aromatic rings. The van der Waals surface area contributed by atoms with Crippen LogP contribution < -0.4 is 10.0 Å². The van der Waals surface area contributed by atoms with Crippen molar-refractivity contribution in [2.75, 3.05) is 5.32 Å². The van der Waals surface area contributed by atoms with Crippen LogP contribution in [-0.2, 0) is 21.9 Å². The Morgan fingerprint density at radius 3 is 2.45 bits per heavy atom. The minimum absolute atomic E-state index is 0.121. The molecule has 0 saturated heterocycles. The van der Waals surface area contributed by atoms with Crippen LogP contribution in [0.25, 0.3) is 11.4 Å². The molecule has 1 aromatic heterocycles. The number of hydrogen-bond donors (Lipinski definition) is 2. The van der Waals surface area contributed by atoms with Gasteiger partial charge in [-0.25, -0.2) is 13.4 Å². The van der Waals surface area contributed by atoms with Gasteiger partial charge in [0.25, 0.3) is 0 Å². The molecule has 0 bridgehead atoms. The fourth-order valence-electron chi connectivity index (χ4n) is 3.26. The average molecular weight is 441 g/mol. The van der Waals surface area contributed by atoms with Crippen LogP contribution in [0.3, 0.4) is 0 Å². The van der Waals surface area contributed by atoms with Gasteiger partial charge in [-0.3, -0.25) is 4.79 Å². The molecule has 1 atom stereocenters. The van der Waals surface area contributed by atoms with E-state index in [1.54, 1.807) is 36.5 Å². The number of anilines is 1. The maximum Gasteiger partial charge on any atom is 0.242 e. The molecule has 0 aliphatic rings. The number of imidazole rings is 1. The second-order valence-electron chi connectivity index (χ2n) is 8.05. The molecule has 1 heterocycles. The van der Waals surface area contributed by atoms with Gasteiger partial charge in [0.15, 0.2) is 0 Å². The Hall–Kier alpha value is -2.97. The van der Waals surface area contributed by atoms with E-state index in [2.05, 4.69) is 15.0 Å². The molecule has 8 heteroatoms.